The zero-order valence-corrected chi connectivity index (χ0v) is 7.50. The minimum Gasteiger partial charge on any atom is -0.481 e. The fraction of sp³-hybridized carbons (Fsp3) is 0.556. The normalized spacial score (nSPS) is 21.2. The number of hydrogen-bond acceptors (Lipinski definition) is 2. The van der Waals surface area contributed by atoms with Crippen molar-refractivity contribution in [3.05, 3.63) is 17.0 Å². The predicted octanol–water partition coefficient (Wildman–Crippen LogP) is 1.22. The zero-order chi connectivity index (χ0) is 9.42. The van der Waals surface area contributed by atoms with E-state index in [0.29, 0.717) is 0 Å². The van der Waals surface area contributed by atoms with Gasteiger partial charge in [0.15, 0.2) is 0 Å². The highest BCUT2D eigenvalue weighted by atomic mass is 16.4. The topological polar surface area (TPSA) is 66.0 Å². The molecule has 0 saturated heterocycles. The van der Waals surface area contributed by atoms with Gasteiger partial charge in [0.1, 0.15) is 0 Å². The van der Waals surface area contributed by atoms with Crippen molar-refractivity contribution in [1.29, 1.82) is 0 Å². The average molecular weight is 180 g/mol. The summed E-state index contributed by atoms with van der Waals surface area (Å²) in [4.78, 5) is 10.9. The number of carboxylic acid groups (broad SMARTS) is 1. The number of carboxylic acids is 1. The summed E-state index contributed by atoms with van der Waals surface area (Å²) in [7, 11) is 0. The van der Waals surface area contributed by atoms with Crippen LogP contribution in [0.2, 0.25) is 0 Å². The van der Waals surface area contributed by atoms with Crippen LogP contribution in [0.3, 0.4) is 0 Å². The van der Waals surface area contributed by atoms with Gasteiger partial charge < -0.3 is 5.11 Å². The number of fused-ring (bicyclic) bond motifs is 1. The number of rotatable bonds is 1. The van der Waals surface area contributed by atoms with Crippen LogP contribution in [0.25, 0.3) is 0 Å². The molecule has 1 atom stereocenters. The van der Waals surface area contributed by atoms with Crippen molar-refractivity contribution >= 4 is 5.97 Å². The van der Waals surface area contributed by atoms with Crippen LogP contribution in [-0.2, 0) is 11.2 Å². The first kappa shape index (κ1) is 8.29. The SMILES string of the molecule is Cc1[nH]nc2c1C(C(=O)O)CCC2. The summed E-state index contributed by atoms with van der Waals surface area (Å²) >= 11 is 0. The Morgan fingerprint density at radius 1 is 1.69 bits per heavy atom. The van der Waals surface area contributed by atoms with E-state index < -0.39 is 5.97 Å². The Kier molecular flexibility index (Phi) is 1.83. The first-order valence-corrected chi connectivity index (χ1v) is 4.46. The second-order valence-corrected chi connectivity index (χ2v) is 3.49. The van der Waals surface area contributed by atoms with Crippen LogP contribution in [0.4, 0.5) is 0 Å². The number of nitrogens with one attached hydrogen (secondary N) is 1. The van der Waals surface area contributed by atoms with Gasteiger partial charge in [-0.3, -0.25) is 9.89 Å². The number of aromatic nitrogens is 2. The zero-order valence-electron chi connectivity index (χ0n) is 7.50. The third-order valence-corrected chi connectivity index (χ3v) is 2.63. The molecule has 0 radical (unpaired) electrons. The Hall–Kier alpha value is -1.32. The van der Waals surface area contributed by atoms with Crippen LogP contribution in [0.1, 0.15) is 35.7 Å². The number of aliphatic carboxylic acids is 1. The fourth-order valence-corrected chi connectivity index (χ4v) is 2.01. The van der Waals surface area contributed by atoms with E-state index in [1.165, 1.54) is 0 Å². The molecule has 0 amide bonds. The van der Waals surface area contributed by atoms with Gasteiger partial charge in [0.25, 0.3) is 0 Å². The monoisotopic (exact) mass is 180 g/mol. The summed E-state index contributed by atoms with van der Waals surface area (Å²) in [5.41, 5.74) is 2.76. The minimum atomic E-state index is -0.731. The molecule has 0 aliphatic heterocycles. The van der Waals surface area contributed by atoms with Crippen molar-refractivity contribution in [2.45, 2.75) is 32.1 Å². The molecule has 1 aromatic rings. The fourth-order valence-electron chi connectivity index (χ4n) is 2.01. The lowest BCUT2D eigenvalue weighted by atomic mass is 9.85. The van der Waals surface area contributed by atoms with E-state index in [1.807, 2.05) is 6.92 Å². The number of nitrogens with zero attached hydrogens (tertiary/aromatic N) is 1. The van der Waals surface area contributed by atoms with Gasteiger partial charge in [-0.2, -0.15) is 5.10 Å². The Morgan fingerprint density at radius 2 is 2.46 bits per heavy atom. The van der Waals surface area contributed by atoms with Gasteiger partial charge in [0.2, 0.25) is 0 Å². The molecule has 0 saturated carbocycles. The summed E-state index contributed by atoms with van der Waals surface area (Å²) < 4.78 is 0. The largest absolute Gasteiger partial charge is 0.481 e. The van der Waals surface area contributed by atoms with Crippen LogP contribution in [0.5, 0.6) is 0 Å². The Labute approximate surface area is 76.0 Å². The van der Waals surface area contributed by atoms with Crippen LogP contribution in [0.15, 0.2) is 0 Å². The number of aryl methyl sites for hydroxylation is 2. The predicted molar refractivity (Wildman–Crippen MR) is 46.6 cm³/mol. The molecule has 0 spiro atoms. The maximum atomic E-state index is 10.9. The van der Waals surface area contributed by atoms with E-state index in [1.54, 1.807) is 0 Å². The lowest BCUT2D eigenvalue weighted by Crippen LogP contribution is -2.17. The summed E-state index contributed by atoms with van der Waals surface area (Å²) in [5, 5.41) is 15.9. The molecule has 13 heavy (non-hydrogen) atoms. The minimum absolute atomic E-state index is 0.345. The van der Waals surface area contributed by atoms with Gasteiger partial charge in [-0.25, -0.2) is 0 Å². The quantitative estimate of drug-likeness (QED) is 0.683. The summed E-state index contributed by atoms with van der Waals surface area (Å²) in [6.07, 6.45) is 2.57. The van der Waals surface area contributed by atoms with Crippen molar-refractivity contribution in [3.8, 4) is 0 Å². The van der Waals surface area contributed by atoms with Crippen molar-refractivity contribution in [2.24, 2.45) is 0 Å². The molecule has 70 valence electrons. The van der Waals surface area contributed by atoms with E-state index in [9.17, 15) is 4.79 Å². The van der Waals surface area contributed by atoms with Crippen molar-refractivity contribution in [1.82, 2.24) is 10.2 Å². The highest BCUT2D eigenvalue weighted by Gasteiger charge is 2.29. The van der Waals surface area contributed by atoms with Gasteiger partial charge in [-0.15, -0.1) is 0 Å². The maximum Gasteiger partial charge on any atom is 0.311 e. The van der Waals surface area contributed by atoms with E-state index in [-0.39, 0.29) is 5.92 Å². The standard InChI is InChI=1S/C9H12N2O2/c1-5-8-6(9(12)13)3-2-4-7(8)11-10-5/h6H,2-4H2,1H3,(H,10,11)(H,12,13). The number of carbonyl (C=O) groups is 1. The van der Waals surface area contributed by atoms with Crippen LogP contribution < -0.4 is 0 Å². The highest BCUT2D eigenvalue weighted by Crippen LogP contribution is 2.32. The number of aromatic amines is 1. The number of H-pyrrole nitrogens is 1. The van der Waals surface area contributed by atoms with Crippen molar-refractivity contribution < 1.29 is 9.90 Å². The Morgan fingerprint density at radius 3 is 3.15 bits per heavy atom. The summed E-state index contributed by atoms with van der Waals surface area (Å²) in [6, 6.07) is 0. The molecule has 1 unspecified atom stereocenters. The summed E-state index contributed by atoms with van der Waals surface area (Å²) in [5.74, 6) is -1.08. The molecule has 0 fully saturated rings. The molecule has 1 aliphatic rings. The van der Waals surface area contributed by atoms with E-state index in [0.717, 1.165) is 36.2 Å². The second kappa shape index (κ2) is 2.87. The Balaban J connectivity index is 2.46. The molecule has 4 heteroatoms. The van der Waals surface area contributed by atoms with Crippen LogP contribution in [-0.4, -0.2) is 21.3 Å². The van der Waals surface area contributed by atoms with Crippen LogP contribution >= 0.6 is 0 Å². The molecule has 0 aromatic carbocycles. The third-order valence-electron chi connectivity index (χ3n) is 2.63. The molecule has 0 bridgehead atoms. The first-order valence-electron chi connectivity index (χ1n) is 4.46. The molecule has 4 nitrogen and oxygen atoms in total. The van der Waals surface area contributed by atoms with Gasteiger partial charge in [-0.1, -0.05) is 0 Å². The Bertz CT molecular complexity index is 343. The highest BCUT2D eigenvalue weighted by molar-refractivity contribution is 5.77. The second-order valence-electron chi connectivity index (χ2n) is 3.49. The smallest absolute Gasteiger partial charge is 0.311 e. The molecule has 2 rings (SSSR count). The molecular formula is C9H12N2O2. The molecule has 2 N–H and O–H groups in total. The van der Waals surface area contributed by atoms with E-state index in [2.05, 4.69) is 10.2 Å². The molecule has 1 aliphatic carbocycles. The average Bonchev–Trinajstić information content (AvgIpc) is 2.48. The van der Waals surface area contributed by atoms with E-state index >= 15 is 0 Å². The molecular weight excluding hydrogens is 168 g/mol. The van der Waals surface area contributed by atoms with Crippen molar-refractivity contribution in [3.63, 3.8) is 0 Å². The van der Waals surface area contributed by atoms with Gasteiger partial charge in [0.05, 0.1) is 11.6 Å². The van der Waals surface area contributed by atoms with Crippen molar-refractivity contribution in [2.75, 3.05) is 0 Å². The summed E-state index contributed by atoms with van der Waals surface area (Å²) in [6.45, 7) is 1.88. The molecule has 1 heterocycles. The third kappa shape index (κ3) is 1.22. The first-order chi connectivity index (χ1) is 6.20. The van der Waals surface area contributed by atoms with E-state index in [4.69, 9.17) is 5.11 Å². The maximum absolute atomic E-state index is 10.9. The van der Waals surface area contributed by atoms with Gasteiger partial charge >= 0.3 is 5.97 Å². The number of hydrogen-bond donors (Lipinski definition) is 2. The van der Waals surface area contributed by atoms with Gasteiger partial charge in [0, 0.05) is 11.3 Å². The van der Waals surface area contributed by atoms with Gasteiger partial charge in [-0.05, 0) is 26.2 Å². The van der Waals surface area contributed by atoms with Crippen LogP contribution in [0, 0.1) is 6.92 Å². The lowest BCUT2D eigenvalue weighted by molar-refractivity contribution is -0.139. The molecule has 1 aromatic heterocycles. The lowest BCUT2D eigenvalue weighted by Gasteiger charge is -2.18.